The Morgan fingerprint density at radius 1 is 0.700 bits per heavy atom. The molecule has 2 heteroatoms. The van der Waals surface area contributed by atoms with E-state index in [1.807, 2.05) is 0 Å². The second-order valence-corrected chi connectivity index (χ2v) is 9.74. The van der Waals surface area contributed by atoms with Crippen LogP contribution in [0.25, 0.3) is 0 Å². The normalized spacial score (nSPS) is 28.8. The molecule has 2 fully saturated rings. The van der Waals surface area contributed by atoms with Crippen molar-refractivity contribution in [2.45, 2.75) is 95.3 Å². The van der Waals surface area contributed by atoms with E-state index in [1.54, 1.807) is 0 Å². The average molecular weight is 401 g/mol. The maximum atomic E-state index is 5.56. The Morgan fingerprint density at radius 2 is 1.27 bits per heavy atom. The van der Waals surface area contributed by atoms with Crippen molar-refractivity contribution in [1.82, 2.24) is 4.90 Å². The van der Waals surface area contributed by atoms with Crippen LogP contribution >= 0.6 is 0 Å². The molecule has 2 aliphatic heterocycles. The molecule has 0 N–H and O–H groups in total. The predicted octanol–water partition coefficient (Wildman–Crippen LogP) is 7.22. The summed E-state index contributed by atoms with van der Waals surface area (Å²) in [4.78, 5) is 8.34. The molecule has 1 saturated carbocycles. The molecule has 158 valence electrons. The quantitative estimate of drug-likeness (QED) is 0.486. The van der Waals surface area contributed by atoms with Crippen LogP contribution in [0.15, 0.2) is 59.6 Å². The first-order valence-corrected chi connectivity index (χ1v) is 12.3. The Labute approximate surface area is 182 Å². The second-order valence-electron chi connectivity index (χ2n) is 9.74. The fourth-order valence-electron chi connectivity index (χ4n) is 5.88. The third-order valence-corrected chi connectivity index (χ3v) is 7.54. The zero-order valence-corrected chi connectivity index (χ0v) is 18.5. The summed E-state index contributed by atoms with van der Waals surface area (Å²) in [6, 6.07) is 21.2. The molecule has 2 nitrogen and oxygen atoms in total. The van der Waals surface area contributed by atoms with Gasteiger partial charge < -0.3 is 0 Å². The van der Waals surface area contributed by atoms with E-state index in [1.165, 1.54) is 93.0 Å². The maximum absolute atomic E-state index is 5.56. The summed E-state index contributed by atoms with van der Waals surface area (Å²) in [6.45, 7) is 2.17. The van der Waals surface area contributed by atoms with Gasteiger partial charge in [0, 0.05) is 0 Å². The highest BCUT2D eigenvalue weighted by Gasteiger charge is 2.64. The molecule has 2 aromatic carbocycles. The van der Waals surface area contributed by atoms with Crippen molar-refractivity contribution < 1.29 is 0 Å². The molecule has 0 radical (unpaired) electrons. The van der Waals surface area contributed by atoms with Crippen LogP contribution in [0.5, 0.6) is 0 Å². The molecule has 3 aliphatic rings. The Hall–Kier alpha value is -1.93. The van der Waals surface area contributed by atoms with Crippen molar-refractivity contribution >= 4 is 5.71 Å². The van der Waals surface area contributed by atoms with Gasteiger partial charge in [0.15, 0.2) is 0 Å². The van der Waals surface area contributed by atoms with Crippen LogP contribution in [0.1, 0.15) is 93.4 Å². The number of aryl methyl sites for hydroxylation is 1. The zero-order chi connectivity index (χ0) is 20.4. The minimum Gasteiger partial charge on any atom is -0.265 e. The van der Waals surface area contributed by atoms with E-state index in [9.17, 15) is 0 Å². The highest BCUT2D eigenvalue weighted by Crippen LogP contribution is 2.58. The first kappa shape index (κ1) is 20.0. The molecule has 0 aromatic heterocycles. The topological polar surface area (TPSA) is 15.4 Å². The van der Waals surface area contributed by atoms with E-state index in [0.29, 0.717) is 12.1 Å². The van der Waals surface area contributed by atoms with Gasteiger partial charge in [-0.2, -0.15) is 0 Å². The zero-order valence-electron chi connectivity index (χ0n) is 18.5. The smallest absolute Gasteiger partial charge is 0.114 e. The molecule has 5 rings (SSSR count). The van der Waals surface area contributed by atoms with Crippen LogP contribution in [-0.4, -0.2) is 22.3 Å². The molecule has 0 bridgehead atoms. The molecule has 2 heterocycles. The highest BCUT2D eigenvalue weighted by atomic mass is 15.5. The number of hydrogen-bond acceptors (Lipinski definition) is 2. The number of aliphatic imine (C=N–C) groups is 1. The summed E-state index contributed by atoms with van der Waals surface area (Å²) in [5.74, 6) is 0. The Balaban J connectivity index is 1.48. The fourth-order valence-corrected chi connectivity index (χ4v) is 5.88. The minimum atomic E-state index is 0.0184. The summed E-state index contributed by atoms with van der Waals surface area (Å²) in [5.41, 5.74) is 5.48. The monoisotopic (exact) mass is 400 g/mol. The van der Waals surface area contributed by atoms with Gasteiger partial charge in [0.1, 0.15) is 5.66 Å². The van der Waals surface area contributed by atoms with Crippen molar-refractivity contribution in [1.29, 1.82) is 0 Å². The molecule has 1 saturated heterocycles. The van der Waals surface area contributed by atoms with E-state index >= 15 is 0 Å². The predicted molar refractivity (Wildman–Crippen MR) is 126 cm³/mol. The summed E-state index contributed by atoms with van der Waals surface area (Å²) in [5, 5.41) is 0. The van der Waals surface area contributed by atoms with E-state index in [2.05, 4.69) is 66.4 Å². The maximum Gasteiger partial charge on any atom is 0.114 e. The van der Waals surface area contributed by atoms with Gasteiger partial charge in [0.2, 0.25) is 0 Å². The van der Waals surface area contributed by atoms with Crippen molar-refractivity contribution in [2.75, 3.05) is 0 Å². The van der Waals surface area contributed by atoms with Gasteiger partial charge in [-0.15, -0.1) is 0 Å². The van der Waals surface area contributed by atoms with E-state index < -0.39 is 0 Å². The number of rotatable bonds is 2. The third kappa shape index (κ3) is 3.87. The van der Waals surface area contributed by atoms with Gasteiger partial charge in [-0.3, -0.25) is 9.89 Å². The van der Waals surface area contributed by atoms with Gasteiger partial charge in [-0.25, -0.2) is 0 Å². The van der Waals surface area contributed by atoms with E-state index in [0.717, 1.165) is 0 Å². The molecule has 1 spiro atoms. The molecular weight excluding hydrogens is 364 g/mol. The van der Waals surface area contributed by atoms with Crippen LogP contribution in [0.4, 0.5) is 0 Å². The Morgan fingerprint density at radius 3 is 1.87 bits per heavy atom. The van der Waals surface area contributed by atoms with Crippen molar-refractivity contribution in [3.05, 3.63) is 71.3 Å². The molecule has 2 aromatic rings. The Bertz CT molecular complexity index is 855. The van der Waals surface area contributed by atoms with Crippen LogP contribution in [-0.2, 0) is 0 Å². The third-order valence-electron chi connectivity index (χ3n) is 7.54. The lowest BCUT2D eigenvalue weighted by Gasteiger charge is -2.31. The number of hydrogen-bond donors (Lipinski definition) is 0. The van der Waals surface area contributed by atoms with Crippen LogP contribution < -0.4 is 0 Å². The highest BCUT2D eigenvalue weighted by molar-refractivity contribution is 6.08. The van der Waals surface area contributed by atoms with Crippen LogP contribution in [0.3, 0.4) is 0 Å². The van der Waals surface area contributed by atoms with Crippen molar-refractivity contribution in [3.63, 3.8) is 0 Å². The lowest BCUT2D eigenvalue weighted by atomic mass is 9.92. The van der Waals surface area contributed by atoms with Crippen molar-refractivity contribution in [2.24, 2.45) is 4.99 Å². The van der Waals surface area contributed by atoms with E-state index in [-0.39, 0.29) is 5.66 Å². The summed E-state index contributed by atoms with van der Waals surface area (Å²) < 4.78 is 0. The lowest BCUT2D eigenvalue weighted by molar-refractivity contribution is 0.182. The van der Waals surface area contributed by atoms with Crippen LogP contribution in [0, 0.1) is 6.92 Å². The first-order chi connectivity index (χ1) is 14.8. The fraction of sp³-hybridized carbons (Fsp3) is 0.536. The number of fused-ring (bicyclic) bond motifs is 2. The molecule has 0 amide bonds. The molecule has 1 aliphatic carbocycles. The molecular formula is C28H36N2. The summed E-state index contributed by atoms with van der Waals surface area (Å²) >= 11 is 0. The number of nitrogens with zero attached hydrogens (tertiary/aromatic N) is 2. The molecule has 1 unspecified atom stereocenters. The van der Waals surface area contributed by atoms with Crippen LogP contribution in [0.2, 0.25) is 0 Å². The minimum absolute atomic E-state index is 0.0184. The standard InChI is InChI=1S/C28H36N2/c1-22-16-18-23(19-17-22)25-27-26(24-14-10-9-11-15-24)30(27)28(29-25)20-12-7-5-3-2-4-6-8-13-21-28/h9-11,14-19,26-27H,2-8,12-13,20-21H2,1H3/t26-,27+,30?/m0/s1. The van der Waals surface area contributed by atoms with Crippen molar-refractivity contribution in [3.8, 4) is 0 Å². The summed E-state index contributed by atoms with van der Waals surface area (Å²) in [6.07, 6.45) is 14.9. The van der Waals surface area contributed by atoms with Gasteiger partial charge in [0.25, 0.3) is 0 Å². The van der Waals surface area contributed by atoms with Gasteiger partial charge >= 0.3 is 0 Å². The molecule has 30 heavy (non-hydrogen) atoms. The first-order valence-electron chi connectivity index (χ1n) is 12.3. The van der Waals surface area contributed by atoms with Gasteiger partial charge in [-0.05, 0) is 43.7 Å². The summed E-state index contributed by atoms with van der Waals surface area (Å²) in [7, 11) is 0. The Kier molecular flexibility index (Phi) is 5.78. The van der Waals surface area contributed by atoms with Gasteiger partial charge in [0.05, 0.1) is 17.8 Å². The molecule has 3 atom stereocenters. The van der Waals surface area contributed by atoms with E-state index in [4.69, 9.17) is 4.99 Å². The largest absolute Gasteiger partial charge is 0.265 e. The number of benzene rings is 2. The average Bonchev–Trinajstić information content (AvgIpc) is 3.43. The van der Waals surface area contributed by atoms with Gasteiger partial charge in [-0.1, -0.05) is 105 Å². The SMILES string of the molecule is Cc1ccc(C2=NC3(CCCCCCCCCCC3)N3[C@H]2[C@@H]3c2ccccc2)cc1. The second kappa shape index (κ2) is 8.67. The lowest BCUT2D eigenvalue weighted by Crippen LogP contribution is -2.34.